The molecule has 6 nitrogen and oxygen atoms in total. The van der Waals surface area contributed by atoms with Crippen LogP contribution in [0.4, 0.5) is 8.78 Å². The number of piperidine rings is 1. The summed E-state index contributed by atoms with van der Waals surface area (Å²) in [7, 11) is 0. The van der Waals surface area contributed by atoms with Gasteiger partial charge in [-0.1, -0.05) is 44.2 Å². The van der Waals surface area contributed by atoms with Gasteiger partial charge in [-0.3, -0.25) is 14.8 Å². The summed E-state index contributed by atoms with van der Waals surface area (Å²) >= 11 is 0. The molecule has 0 saturated carbocycles. The van der Waals surface area contributed by atoms with E-state index >= 15 is 0 Å². The van der Waals surface area contributed by atoms with Crippen LogP contribution in [0.1, 0.15) is 43.7 Å². The average molecular weight is 407 g/mol. The summed E-state index contributed by atoms with van der Waals surface area (Å²) in [4.78, 5) is 25.0. The molecule has 0 aliphatic carbocycles. The van der Waals surface area contributed by atoms with Crippen LogP contribution in [-0.4, -0.2) is 48.0 Å². The van der Waals surface area contributed by atoms with Crippen LogP contribution in [0, 0.1) is 5.92 Å². The number of nitrogens with one attached hydrogen (secondary N) is 3. The minimum atomic E-state index is -3.11. The largest absolute Gasteiger partial charge is 0.304 e. The zero-order chi connectivity index (χ0) is 21.2. The summed E-state index contributed by atoms with van der Waals surface area (Å²) in [6, 6.07) is 6.45. The van der Waals surface area contributed by atoms with E-state index in [0.29, 0.717) is 18.9 Å². The van der Waals surface area contributed by atoms with Crippen molar-refractivity contribution in [2.45, 2.75) is 50.6 Å². The van der Waals surface area contributed by atoms with Gasteiger partial charge < -0.3 is 10.6 Å². The Kier molecular flexibility index (Phi) is 6.45. The van der Waals surface area contributed by atoms with Crippen molar-refractivity contribution < 1.29 is 23.6 Å². The summed E-state index contributed by atoms with van der Waals surface area (Å²) in [6.07, 6.45) is 1.64. The molecule has 4 N–H and O–H groups in total. The van der Waals surface area contributed by atoms with Gasteiger partial charge in [0.25, 0.3) is 5.92 Å². The Bertz CT molecular complexity index is 810. The van der Waals surface area contributed by atoms with Gasteiger partial charge in [0.05, 0.1) is 24.5 Å². The lowest BCUT2D eigenvalue weighted by atomic mass is 9.81. The van der Waals surface area contributed by atoms with Gasteiger partial charge >= 0.3 is 0 Å². The molecule has 29 heavy (non-hydrogen) atoms. The highest BCUT2D eigenvalue weighted by molar-refractivity contribution is 5.96. The Morgan fingerprint density at radius 2 is 2.03 bits per heavy atom. The van der Waals surface area contributed by atoms with E-state index in [4.69, 9.17) is 5.21 Å². The molecule has 1 aromatic rings. The second-order valence-electron chi connectivity index (χ2n) is 8.08. The molecule has 1 saturated heterocycles. The summed E-state index contributed by atoms with van der Waals surface area (Å²) in [5.74, 6) is -5.40. The predicted octanol–water partition coefficient (Wildman–Crippen LogP) is 2.24. The Hall–Kier alpha value is -2.16. The summed E-state index contributed by atoms with van der Waals surface area (Å²) in [6.45, 7) is 4.01. The Balaban J connectivity index is 1.77. The number of carbonyl (C=O) groups excluding carboxylic acids is 2. The van der Waals surface area contributed by atoms with E-state index in [0.717, 1.165) is 11.1 Å². The van der Waals surface area contributed by atoms with E-state index in [2.05, 4.69) is 36.6 Å². The standard InChI is InChI=1S/C21H27F2N3O3/c1-12(2)13-4-3-5-14(8-13)15-6-7-24-17(9-15)19(27)18-16(20(28)26-29)10-21(22,23)11-25-18/h3-6,8,12,16-18,24-25,29H,7,9-11H2,1-2H3,(H,26,28)/t16-,17?,18-/m0/s1. The topological polar surface area (TPSA) is 90.5 Å². The maximum atomic E-state index is 13.8. The molecule has 0 bridgehead atoms. The zero-order valence-corrected chi connectivity index (χ0v) is 16.5. The number of Topliss-reactive ketones (excluding diaryl/α,β-unsaturated/α-hetero) is 1. The van der Waals surface area contributed by atoms with Crippen LogP contribution in [0.15, 0.2) is 30.3 Å². The molecule has 3 atom stereocenters. The molecule has 3 rings (SSSR count). The maximum Gasteiger partial charge on any atom is 0.261 e. The second-order valence-corrected chi connectivity index (χ2v) is 8.08. The predicted molar refractivity (Wildman–Crippen MR) is 105 cm³/mol. The van der Waals surface area contributed by atoms with Gasteiger partial charge in [0.15, 0.2) is 5.78 Å². The molecule has 158 valence electrons. The van der Waals surface area contributed by atoms with Crippen molar-refractivity contribution in [2.24, 2.45) is 5.92 Å². The van der Waals surface area contributed by atoms with Gasteiger partial charge in [-0.2, -0.15) is 0 Å². The van der Waals surface area contributed by atoms with Crippen LogP contribution < -0.4 is 16.1 Å². The van der Waals surface area contributed by atoms with Gasteiger partial charge in [-0.25, -0.2) is 14.3 Å². The maximum absolute atomic E-state index is 13.8. The fraction of sp³-hybridized carbons (Fsp3) is 0.524. The molecule has 1 unspecified atom stereocenters. The zero-order valence-electron chi connectivity index (χ0n) is 16.5. The minimum Gasteiger partial charge on any atom is -0.304 e. The summed E-state index contributed by atoms with van der Waals surface area (Å²) in [5, 5.41) is 14.5. The highest BCUT2D eigenvalue weighted by atomic mass is 19.3. The molecular weight excluding hydrogens is 380 g/mol. The highest BCUT2D eigenvalue weighted by Crippen LogP contribution is 2.32. The molecular formula is C21H27F2N3O3. The first-order valence-electron chi connectivity index (χ1n) is 9.83. The van der Waals surface area contributed by atoms with Crippen molar-refractivity contribution in [3.63, 3.8) is 0 Å². The van der Waals surface area contributed by atoms with Crippen LogP contribution >= 0.6 is 0 Å². The van der Waals surface area contributed by atoms with E-state index in [9.17, 15) is 18.4 Å². The first-order valence-corrected chi connectivity index (χ1v) is 9.83. The first-order chi connectivity index (χ1) is 13.7. The van der Waals surface area contributed by atoms with Gasteiger partial charge in [0.2, 0.25) is 5.91 Å². The minimum absolute atomic E-state index is 0.347. The number of amides is 1. The van der Waals surface area contributed by atoms with Gasteiger partial charge in [0.1, 0.15) is 0 Å². The van der Waals surface area contributed by atoms with Crippen LogP contribution in [0.5, 0.6) is 0 Å². The number of halogens is 2. The average Bonchev–Trinajstić information content (AvgIpc) is 2.72. The molecule has 2 heterocycles. The van der Waals surface area contributed by atoms with Crippen LogP contribution in [0.3, 0.4) is 0 Å². The number of hydroxylamine groups is 1. The molecule has 1 amide bonds. The fourth-order valence-corrected chi connectivity index (χ4v) is 3.99. The second kappa shape index (κ2) is 8.69. The smallest absolute Gasteiger partial charge is 0.261 e. The lowest BCUT2D eigenvalue weighted by Crippen LogP contribution is -2.61. The number of ketones is 1. The molecule has 0 spiro atoms. The Morgan fingerprint density at radius 3 is 2.72 bits per heavy atom. The van der Waals surface area contributed by atoms with Crippen molar-refractivity contribution in [1.82, 2.24) is 16.1 Å². The van der Waals surface area contributed by atoms with E-state index < -0.39 is 42.8 Å². The molecule has 0 radical (unpaired) electrons. The number of benzene rings is 1. The molecule has 2 aliphatic heterocycles. The van der Waals surface area contributed by atoms with Gasteiger partial charge in [-0.15, -0.1) is 0 Å². The Labute approximate surface area is 168 Å². The third-order valence-corrected chi connectivity index (χ3v) is 5.66. The summed E-state index contributed by atoms with van der Waals surface area (Å²) in [5.41, 5.74) is 4.65. The summed E-state index contributed by atoms with van der Waals surface area (Å²) < 4.78 is 27.5. The molecule has 1 fully saturated rings. The van der Waals surface area contributed by atoms with E-state index in [-0.39, 0.29) is 5.78 Å². The monoisotopic (exact) mass is 407 g/mol. The molecule has 8 heteroatoms. The van der Waals surface area contributed by atoms with Gasteiger partial charge in [-0.05, 0) is 29.0 Å². The van der Waals surface area contributed by atoms with Crippen molar-refractivity contribution in [3.8, 4) is 0 Å². The normalized spacial score (nSPS) is 26.7. The van der Waals surface area contributed by atoms with Gasteiger partial charge in [0, 0.05) is 13.0 Å². The van der Waals surface area contributed by atoms with E-state index in [1.54, 1.807) is 0 Å². The van der Waals surface area contributed by atoms with Crippen LogP contribution in [-0.2, 0) is 9.59 Å². The lowest BCUT2D eigenvalue weighted by molar-refractivity contribution is -0.146. The molecule has 2 aliphatic rings. The number of hydrogen-bond acceptors (Lipinski definition) is 5. The van der Waals surface area contributed by atoms with E-state index in [1.165, 1.54) is 11.0 Å². The third-order valence-electron chi connectivity index (χ3n) is 5.66. The first kappa shape index (κ1) is 21.5. The van der Waals surface area contributed by atoms with Crippen molar-refractivity contribution in [3.05, 3.63) is 41.5 Å². The highest BCUT2D eigenvalue weighted by Gasteiger charge is 2.48. The van der Waals surface area contributed by atoms with Crippen LogP contribution in [0.25, 0.3) is 5.57 Å². The van der Waals surface area contributed by atoms with E-state index in [1.807, 2.05) is 18.2 Å². The lowest BCUT2D eigenvalue weighted by Gasteiger charge is -2.37. The van der Waals surface area contributed by atoms with Crippen molar-refractivity contribution in [2.75, 3.05) is 13.1 Å². The molecule has 1 aromatic carbocycles. The number of alkyl halides is 2. The molecule has 0 aromatic heterocycles. The quantitative estimate of drug-likeness (QED) is 0.444. The number of rotatable bonds is 5. The fourth-order valence-electron chi connectivity index (χ4n) is 3.99. The van der Waals surface area contributed by atoms with Crippen molar-refractivity contribution >= 4 is 17.3 Å². The third kappa shape index (κ3) is 4.88. The number of hydrogen-bond donors (Lipinski definition) is 4. The van der Waals surface area contributed by atoms with Crippen LogP contribution in [0.2, 0.25) is 0 Å². The SMILES string of the molecule is CC(C)c1cccc(C2=CCNC(C(=O)[C@H]3NCC(F)(F)C[C@@H]3C(=O)NO)C2)c1. The van der Waals surface area contributed by atoms with Crippen molar-refractivity contribution in [1.29, 1.82) is 0 Å². The Morgan fingerprint density at radius 1 is 1.28 bits per heavy atom. The number of carbonyl (C=O) groups is 2.